The molecule has 2 aromatic heterocycles. The normalized spacial score (nSPS) is 10.2. The third-order valence-electron chi connectivity index (χ3n) is 2.41. The van der Waals surface area contributed by atoms with Crippen molar-refractivity contribution in [2.75, 3.05) is 24.3 Å². The minimum absolute atomic E-state index is 0.202. The van der Waals surface area contributed by atoms with Gasteiger partial charge >= 0.3 is 0 Å². The van der Waals surface area contributed by atoms with Crippen LogP contribution in [0.3, 0.4) is 0 Å². The molecule has 6 nitrogen and oxygen atoms in total. The number of hydrogen-bond acceptors (Lipinski definition) is 4. The molecule has 0 saturated carbocycles. The van der Waals surface area contributed by atoms with E-state index < -0.39 is 0 Å². The van der Waals surface area contributed by atoms with Crippen molar-refractivity contribution in [3.63, 3.8) is 0 Å². The molecular weight excluding hydrogens is 230 g/mol. The molecule has 94 valence electrons. The van der Waals surface area contributed by atoms with Crippen LogP contribution in [0.25, 0.3) is 0 Å². The SMILES string of the molecule is Cc1cc(NC(=O)c2ccnc(N(C)C)c2)n[nH]1. The molecule has 0 aliphatic carbocycles. The molecule has 0 aliphatic rings. The summed E-state index contributed by atoms with van der Waals surface area (Å²) < 4.78 is 0. The van der Waals surface area contributed by atoms with Gasteiger partial charge in [0.25, 0.3) is 5.91 Å². The summed E-state index contributed by atoms with van der Waals surface area (Å²) in [5, 5.41) is 9.44. The zero-order valence-electron chi connectivity index (χ0n) is 10.6. The van der Waals surface area contributed by atoms with Crippen LogP contribution >= 0.6 is 0 Å². The van der Waals surface area contributed by atoms with Crippen LogP contribution in [-0.2, 0) is 0 Å². The van der Waals surface area contributed by atoms with E-state index >= 15 is 0 Å². The summed E-state index contributed by atoms with van der Waals surface area (Å²) in [6.07, 6.45) is 1.61. The first kappa shape index (κ1) is 12.1. The van der Waals surface area contributed by atoms with E-state index in [4.69, 9.17) is 0 Å². The summed E-state index contributed by atoms with van der Waals surface area (Å²) in [5.41, 5.74) is 1.45. The minimum atomic E-state index is -0.202. The molecular formula is C12H15N5O. The number of rotatable bonds is 3. The maximum atomic E-state index is 12.0. The summed E-state index contributed by atoms with van der Waals surface area (Å²) in [7, 11) is 3.75. The van der Waals surface area contributed by atoms with E-state index in [-0.39, 0.29) is 5.91 Å². The molecule has 0 bridgehead atoms. The third kappa shape index (κ3) is 2.65. The average molecular weight is 245 g/mol. The Balaban J connectivity index is 2.16. The van der Waals surface area contributed by atoms with Gasteiger partial charge in [0.05, 0.1) is 0 Å². The Kier molecular flexibility index (Phi) is 3.27. The van der Waals surface area contributed by atoms with E-state index in [0.717, 1.165) is 11.5 Å². The van der Waals surface area contributed by atoms with Crippen molar-refractivity contribution in [1.29, 1.82) is 0 Å². The second-order valence-electron chi connectivity index (χ2n) is 4.19. The number of carbonyl (C=O) groups excluding carboxylic acids is 1. The van der Waals surface area contributed by atoms with Crippen molar-refractivity contribution in [1.82, 2.24) is 15.2 Å². The molecule has 0 atom stereocenters. The van der Waals surface area contributed by atoms with Crippen LogP contribution in [0.4, 0.5) is 11.6 Å². The number of hydrogen-bond donors (Lipinski definition) is 2. The molecule has 0 spiro atoms. The number of nitrogens with zero attached hydrogens (tertiary/aromatic N) is 3. The molecule has 2 aromatic rings. The van der Waals surface area contributed by atoms with Crippen LogP contribution < -0.4 is 10.2 Å². The van der Waals surface area contributed by atoms with Crippen LogP contribution in [0.15, 0.2) is 24.4 Å². The Hall–Kier alpha value is -2.37. The quantitative estimate of drug-likeness (QED) is 0.858. The Bertz CT molecular complexity index is 561. The molecule has 0 aliphatic heterocycles. The first-order chi connectivity index (χ1) is 8.56. The van der Waals surface area contributed by atoms with Crippen LogP contribution in [0.2, 0.25) is 0 Å². The highest BCUT2D eigenvalue weighted by molar-refractivity contribution is 6.04. The van der Waals surface area contributed by atoms with Gasteiger partial charge in [-0.3, -0.25) is 9.89 Å². The number of aryl methyl sites for hydroxylation is 1. The first-order valence-electron chi connectivity index (χ1n) is 5.53. The molecule has 0 fully saturated rings. The molecule has 2 N–H and O–H groups in total. The summed E-state index contributed by atoms with van der Waals surface area (Å²) in [6.45, 7) is 1.87. The van der Waals surface area contributed by atoms with Crippen molar-refractivity contribution in [3.8, 4) is 0 Å². The monoisotopic (exact) mass is 245 g/mol. The summed E-state index contributed by atoms with van der Waals surface area (Å²) >= 11 is 0. The largest absolute Gasteiger partial charge is 0.363 e. The van der Waals surface area contributed by atoms with Gasteiger partial charge in [-0.25, -0.2) is 4.98 Å². The molecule has 0 unspecified atom stereocenters. The van der Waals surface area contributed by atoms with Gasteiger partial charge in [-0.05, 0) is 19.1 Å². The van der Waals surface area contributed by atoms with Crippen molar-refractivity contribution < 1.29 is 4.79 Å². The topological polar surface area (TPSA) is 73.9 Å². The highest BCUT2D eigenvalue weighted by Gasteiger charge is 2.09. The van der Waals surface area contributed by atoms with E-state index in [2.05, 4.69) is 20.5 Å². The average Bonchev–Trinajstić information content (AvgIpc) is 2.75. The predicted molar refractivity (Wildman–Crippen MR) is 69.8 cm³/mol. The molecule has 0 saturated heterocycles. The fraction of sp³-hybridized carbons (Fsp3) is 0.250. The van der Waals surface area contributed by atoms with E-state index in [1.54, 1.807) is 24.4 Å². The number of amides is 1. The smallest absolute Gasteiger partial charge is 0.257 e. The second kappa shape index (κ2) is 4.87. The van der Waals surface area contributed by atoms with Gasteiger partial charge in [0, 0.05) is 37.6 Å². The van der Waals surface area contributed by atoms with Crippen molar-refractivity contribution in [3.05, 3.63) is 35.7 Å². The third-order valence-corrected chi connectivity index (χ3v) is 2.41. The molecule has 2 heterocycles. The number of H-pyrrole nitrogens is 1. The van der Waals surface area contributed by atoms with E-state index in [0.29, 0.717) is 11.4 Å². The van der Waals surface area contributed by atoms with Gasteiger partial charge in [-0.15, -0.1) is 0 Å². The van der Waals surface area contributed by atoms with Crippen molar-refractivity contribution in [2.45, 2.75) is 6.92 Å². The fourth-order valence-corrected chi connectivity index (χ4v) is 1.47. The number of aromatic amines is 1. The molecule has 2 rings (SSSR count). The summed E-state index contributed by atoms with van der Waals surface area (Å²) in [6, 6.07) is 5.17. The van der Waals surface area contributed by atoms with Gasteiger partial charge in [-0.1, -0.05) is 0 Å². The van der Waals surface area contributed by atoms with Gasteiger partial charge in [0.2, 0.25) is 0 Å². The lowest BCUT2D eigenvalue weighted by molar-refractivity contribution is 0.102. The Morgan fingerprint density at radius 1 is 1.39 bits per heavy atom. The first-order valence-corrected chi connectivity index (χ1v) is 5.53. The predicted octanol–water partition coefficient (Wildman–Crippen LogP) is 1.43. The van der Waals surface area contributed by atoms with Crippen molar-refractivity contribution >= 4 is 17.5 Å². The molecule has 0 radical (unpaired) electrons. The van der Waals surface area contributed by atoms with Gasteiger partial charge in [-0.2, -0.15) is 5.10 Å². The standard InChI is InChI=1S/C12H15N5O/c1-8-6-10(16-15-8)14-12(18)9-4-5-13-11(7-9)17(2)3/h4-7H,1-3H3,(H2,14,15,16,18). The van der Waals surface area contributed by atoms with Crippen LogP contribution in [0.1, 0.15) is 16.1 Å². The van der Waals surface area contributed by atoms with Gasteiger partial charge < -0.3 is 10.2 Å². The zero-order chi connectivity index (χ0) is 13.1. The Morgan fingerprint density at radius 3 is 2.78 bits per heavy atom. The Morgan fingerprint density at radius 2 is 2.17 bits per heavy atom. The number of aromatic nitrogens is 3. The van der Waals surface area contributed by atoms with Crippen LogP contribution in [-0.4, -0.2) is 35.2 Å². The molecule has 18 heavy (non-hydrogen) atoms. The molecule has 6 heteroatoms. The lowest BCUT2D eigenvalue weighted by atomic mass is 10.2. The minimum Gasteiger partial charge on any atom is -0.363 e. The van der Waals surface area contributed by atoms with Gasteiger partial charge in [0.15, 0.2) is 5.82 Å². The maximum Gasteiger partial charge on any atom is 0.257 e. The van der Waals surface area contributed by atoms with Crippen LogP contribution in [0.5, 0.6) is 0 Å². The highest BCUT2D eigenvalue weighted by atomic mass is 16.1. The second-order valence-corrected chi connectivity index (χ2v) is 4.19. The fourth-order valence-electron chi connectivity index (χ4n) is 1.47. The lowest BCUT2D eigenvalue weighted by Crippen LogP contribution is -2.15. The van der Waals surface area contributed by atoms with Crippen LogP contribution in [0, 0.1) is 6.92 Å². The number of anilines is 2. The van der Waals surface area contributed by atoms with Crippen molar-refractivity contribution in [2.24, 2.45) is 0 Å². The Labute approximate surface area is 105 Å². The number of nitrogens with one attached hydrogen (secondary N) is 2. The van der Waals surface area contributed by atoms with E-state index in [9.17, 15) is 4.79 Å². The molecule has 0 aromatic carbocycles. The highest BCUT2D eigenvalue weighted by Crippen LogP contribution is 2.12. The summed E-state index contributed by atoms with van der Waals surface area (Å²) in [4.78, 5) is 18.0. The van der Waals surface area contributed by atoms with Gasteiger partial charge in [0.1, 0.15) is 5.82 Å². The maximum absolute atomic E-state index is 12.0. The van der Waals surface area contributed by atoms with E-state index in [1.165, 1.54) is 0 Å². The van der Waals surface area contributed by atoms with E-state index in [1.807, 2.05) is 25.9 Å². The number of pyridine rings is 1. The summed E-state index contributed by atoms with van der Waals surface area (Å²) in [5.74, 6) is 1.05. The zero-order valence-corrected chi connectivity index (χ0v) is 10.6. The molecule has 1 amide bonds. The number of carbonyl (C=O) groups is 1. The lowest BCUT2D eigenvalue weighted by Gasteiger charge is -2.11.